The molecule has 1 unspecified atom stereocenters. The van der Waals surface area contributed by atoms with Gasteiger partial charge in [0.1, 0.15) is 5.82 Å². The third-order valence-electron chi connectivity index (χ3n) is 3.11. The van der Waals surface area contributed by atoms with E-state index in [1.165, 1.54) is 10.5 Å². The molecule has 1 aromatic rings. The fourth-order valence-corrected chi connectivity index (χ4v) is 4.93. The average molecular weight is 319 g/mol. The minimum Gasteiger partial charge on any atom is -0.481 e. The highest BCUT2D eigenvalue weighted by atomic mass is 32.2. The Kier molecular flexibility index (Phi) is 4.71. The van der Waals surface area contributed by atoms with Crippen molar-refractivity contribution in [2.24, 2.45) is 0 Å². The standard InChI is InChI=1S/C11H17N3O4S2/c1-2-9-12-6-10(13-9)20(17,18)14-3-4-19-7-8(14)5-11(15)16/h6,8H,2-5,7H2,1H3,(H,12,13)(H,15,16). The lowest BCUT2D eigenvalue weighted by Crippen LogP contribution is -2.47. The summed E-state index contributed by atoms with van der Waals surface area (Å²) in [5.74, 6) is 0.783. The Hall–Kier alpha value is -1.06. The van der Waals surface area contributed by atoms with E-state index in [0.29, 0.717) is 30.3 Å². The number of imidazole rings is 1. The number of aliphatic carboxylic acids is 1. The number of thioether (sulfide) groups is 1. The van der Waals surface area contributed by atoms with E-state index in [4.69, 9.17) is 5.11 Å². The van der Waals surface area contributed by atoms with Crippen LogP contribution in [0.25, 0.3) is 0 Å². The van der Waals surface area contributed by atoms with Crippen molar-refractivity contribution in [3.05, 3.63) is 12.0 Å². The van der Waals surface area contributed by atoms with E-state index in [-0.39, 0.29) is 11.4 Å². The number of hydrogen-bond acceptors (Lipinski definition) is 5. The molecule has 2 rings (SSSR count). The molecule has 0 aliphatic carbocycles. The summed E-state index contributed by atoms with van der Waals surface area (Å²) in [6.07, 6.45) is 1.73. The van der Waals surface area contributed by atoms with E-state index in [2.05, 4.69) is 9.97 Å². The number of hydrogen-bond donors (Lipinski definition) is 2. The van der Waals surface area contributed by atoms with Crippen molar-refractivity contribution < 1.29 is 18.3 Å². The predicted molar refractivity (Wildman–Crippen MR) is 75.2 cm³/mol. The van der Waals surface area contributed by atoms with Crippen LogP contribution in [0.2, 0.25) is 0 Å². The van der Waals surface area contributed by atoms with E-state index in [1.807, 2.05) is 6.92 Å². The maximum Gasteiger partial charge on any atom is 0.305 e. The largest absolute Gasteiger partial charge is 0.481 e. The van der Waals surface area contributed by atoms with Gasteiger partial charge in [0.15, 0.2) is 5.03 Å². The fourth-order valence-electron chi connectivity index (χ4n) is 2.10. The summed E-state index contributed by atoms with van der Waals surface area (Å²) in [6, 6.07) is -0.510. The Balaban J connectivity index is 2.27. The smallest absolute Gasteiger partial charge is 0.305 e. The summed E-state index contributed by atoms with van der Waals surface area (Å²) in [5.41, 5.74) is 0. The molecule has 1 aliphatic rings. The molecule has 2 N–H and O–H groups in total. The number of sulfonamides is 1. The van der Waals surface area contributed by atoms with Crippen molar-refractivity contribution in [3.8, 4) is 0 Å². The zero-order valence-corrected chi connectivity index (χ0v) is 12.7. The highest BCUT2D eigenvalue weighted by Gasteiger charge is 2.35. The molecule has 7 nitrogen and oxygen atoms in total. The van der Waals surface area contributed by atoms with E-state index < -0.39 is 22.0 Å². The van der Waals surface area contributed by atoms with Crippen LogP contribution in [-0.4, -0.2) is 57.9 Å². The first-order valence-electron chi connectivity index (χ1n) is 6.30. The fraction of sp³-hybridized carbons (Fsp3) is 0.636. The molecule has 1 fully saturated rings. The number of rotatable bonds is 5. The van der Waals surface area contributed by atoms with Crippen LogP contribution in [0.3, 0.4) is 0 Å². The van der Waals surface area contributed by atoms with Gasteiger partial charge < -0.3 is 10.1 Å². The maximum absolute atomic E-state index is 12.6. The van der Waals surface area contributed by atoms with Crippen molar-refractivity contribution in [2.45, 2.75) is 30.8 Å². The van der Waals surface area contributed by atoms with Gasteiger partial charge in [-0.05, 0) is 0 Å². The first kappa shape index (κ1) is 15.3. The minimum atomic E-state index is -3.71. The molecule has 1 aromatic heterocycles. The Bertz CT molecular complexity index is 584. The van der Waals surface area contributed by atoms with Crippen LogP contribution >= 0.6 is 11.8 Å². The van der Waals surface area contributed by atoms with E-state index in [1.54, 1.807) is 11.8 Å². The first-order chi connectivity index (χ1) is 9.45. The number of H-pyrrole nitrogens is 1. The van der Waals surface area contributed by atoms with Crippen LogP contribution < -0.4 is 0 Å². The Labute approximate surface area is 121 Å². The summed E-state index contributed by atoms with van der Waals surface area (Å²) in [6.45, 7) is 2.20. The Morgan fingerprint density at radius 1 is 1.65 bits per heavy atom. The normalized spacial score (nSPS) is 20.9. The van der Waals surface area contributed by atoms with Crippen LogP contribution in [0, 0.1) is 0 Å². The monoisotopic (exact) mass is 319 g/mol. The lowest BCUT2D eigenvalue weighted by atomic mass is 10.2. The zero-order valence-electron chi connectivity index (χ0n) is 11.1. The van der Waals surface area contributed by atoms with Crippen LogP contribution in [-0.2, 0) is 21.2 Å². The van der Waals surface area contributed by atoms with E-state index in [0.717, 1.165) is 0 Å². The third kappa shape index (κ3) is 3.15. The van der Waals surface area contributed by atoms with Gasteiger partial charge in [0.05, 0.1) is 12.6 Å². The second kappa shape index (κ2) is 6.15. The van der Waals surface area contributed by atoms with E-state index >= 15 is 0 Å². The summed E-state index contributed by atoms with van der Waals surface area (Å²) >= 11 is 1.57. The molecule has 0 radical (unpaired) electrons. The van der Waals surface area contributed by atoms with Gasteiger partial charge in [0.25, 0.3) is 10.0 Å². The van der Waals surface area contributed by atoms with Crippen LogP contribution in [0.1, 0.15) is 19.2 Å². The van der Waals surface area contributed by atoms with Gasteiger partial charge in [-0.2, -0.15) is 16.1 Å². The Morgan fingerprint density at radius 2 is 2.40 bits per heavy atom. The molecule has 2 heterocycles. The van der Waals surface area contributed by atoms with Gasteiger partial charge >= 0.3 is 5.97 Å². The molecule has 1 aliphatic heterocycles. The summed E-state index contributed by atoms with van der Waals surface area (Å²) < 4.78 is 26.4. The van der Waals surface area contributed by atoms with Gasteiger partial charge in [-0.25, -0.2) is 13.4 Å². The molecular weight excluding hydrogens is 302 g/mol. The molecule has 0 bridgehead atoms. The molecule has 0 aromatic carbocycles. The molecule has 9 heteroatoms. The zero-order chi connectivity index (χ0) is 14.8. The van der Waals surface area contributed by atoms with Gasteiger partial charge in [-0.15, -0.1) is 0 Å². The van der Waals surface area contributed by atoms with Crippen LogP contribution in [0.15, 0.2) is 11.2 Å². The number of aryl methyl sites for hydroxylation is 1. The van der Waals surface area contributed by atoms with Gasteiger partial charge in [-0.3, -0.25) is 4.79 Å². The highest BCUT2D eigenvalue weighted by Crippen LogP contribution is 2.25. The minimum absolute atomic E-state index is 0.0386. The van der Waals surface area contributed by atoms with Gasteiger partial charge in [-0.1, -0.05) is 6.92 Å². The number of carboxylic acids is 1. The average Bonchev–Trinajstić information content (AvgIpc) is 2.88. The SMILES string of the molecule is CCc1ncc(S(=O)(=O)N2CCSCC2CC(=O)O)[nH]1. The van der Waals surface area contributed by atoms with Gasteiger partial charge in [0.2, 0.25) is 0 Å². The van der Waals surface area contributed by atoms with E-state index in [9.17, 15) is 13.2 Å². The lowest BCUT2D eigenvalue weighted by molar-refractivity contribution is -0.137. The number of nitrogens with one attached hydrogen (secondary N) is 1. The van der Waals surface area contributed by atoms with Crippen LogP contribution in [0.4, 0.5) is 0 Å². The first-order valence-corrected chi connectivity index (χ1v) is 8.90. The van der Waals surface area contributed by atoms with Crippen LogP contribution in [0.5, 0.6) is 0 Å². The summed E-state index contributed by atoms with van der Waals surface area (Å²) in [5, 5.41) is 8.95. The number of nitrogens with zero attached hydrogens (tertiary/aromatic N) is 2. The number of carbonyl (C=O) groups is 1. The van der Waals surface area contributed by atoms with Crippen molar-refractivity contribution in [1.82, 2.24) is 14.3 Å². The molecule has 0 saturated carbocycles. The lowest BCUT2D eigenvalue weighted by Gasteiger charge is -2.32. The quantitative estimate of drug-likeness (QED) is 0.821. The Morgan fingerprint density at radius 3 is 3.00 bits per heavy atom. The highest BCUT2D eigenvalue weighted by molar-refractivity contribution is 7.99. The van der Waals surface area contributed by atoms with Crippen molar-refractivity contribution in [3.63, 3.8) is 0 Å². The van der Waals surface area contributed by atoms with Crippen molar-refractivity contribution in [2.75, 3.05) is 18.1 Å². The number of aromatic amines is 1. The summed E-state index contributed by atoms with van der Waals surface area (Å²) in [4.78, 5) is 17.7. The molecule has 0 spiro atoms. The molecule has 1 atom stereocenters. The van der Waals surface area contributed by atoms with Crippen molar-refractivity contribution >= 4 is 27.8 Å². The molecule has 112 valence electrons. The molecule has 20 heavy (non-hydrogen) atoms. The second-order valence-corrected chi connectivity index (χ2v) is 7.50. The number of carboxylic acid groups (broad SMARTS) is 1. The predicted octanol–water partition coefficient (Wildman–Crippen LogP) is 0.553. The van der Waals surface area contributed by atoms with Gasteiger partial charge in [0, 0.05) is 30.5 Å². The molecular formula is C11H17N3O4S2. The molecule has 1 saturated heterocycles. The maximum atomic E-state index is 12.6. The molecule has 0 amide bonds. The second-order valence-electron chi connectivity index (χ2n) is 4.49. The topological polar surface area (TPSA) is 103 Å². The third-order valence-corrected chi connectivity index (χ3v) is 6.06. The number of aromatic nitrogens is 2. The van der Waals surface area contributed by atoms with Crippen molar-refractivity contribution in [1.29, 1.82) is 0 Å². The summed E-state index contributed by atoms with van der Waals surface area (Å²) in [7, 11) is -3.71.